The first-order chi connectivity index (χ1) is 6.33. The molecule has 2 aliphatic carbocycles. The second kappa shape index (κ2) is 3.52. The minimum absolute atomic E-state index is 0.0127. The van der Waals surface area contributed by atoms with Gasteiger partial charge in [0.25, 0.3) is 0 Å². The third-order valence-electron chi connectivity index (χ3n) is 3.42. The van der Waals surface area contributed by atoms with Gasteiger partial charge in [0.15, 0.2) is 0 Å². The van der Waals surface area contributed by atoms with E-state index in [4.69, 9.17) is 4.74 Å². The highest BCUT2D eigenvalue weighted by atomic mass is 16.5. The van der Waals surface area contributed by atoms with E-state index < -0.39 is 0 Å². The third-order valence-corrected chi connectivity index (χ3v) is 3.42. The Labute approximate surface area is 79.0 Å². The predicted octanol–water partition coefficient (Wildman–Crippen LogP) is 2.15. The molecule has 0 heterocycles. The first kappa shape index (κ1) is 8.79. The van der Waals surface area contributed by atoms with Crippen molar-refractivity contribution in [3.05, 3.63) is 12.2 Å². The number of ether oxygens (including phenoxy) is 1. The lowest BCUT2D eigenvalue weighted by Gasteiger charge is -2.27. The molecule has 0 aromatic rings. The molecule has 2 nitrogen and oxygen atoms in total. The van der Waals surface area contributed by atoms with E-state index in [0.29, 0.717) is 11.8 Å². The van der Waals surface area contributed by atoms with Crippen LogP contribution in [0.4, 0.5) is 0 Å². The summed E-state index contributed by atoms with van der Waals surface area (Å²) in [7, 11) is 1.49. The Hall–Kier alpha value is -0.790. The van der Waals surface area contributed by atoms with Crippen molar-refractivity contribution in [2.24, 2.45) is 17.8 Å². The molecule has 72 valence electrons. The van der Waals surface area contributed by atoms with Gasteiger partial charge in [0, 0.05) is 0 Å². The van der Waals surface area contributed by atoms with Crippen LogP contribution in [0.5, 0.6) is 0 Å². The van der Waals surface area contributed by atoms with Gasteiger partial charge in [0.05, 0.1) is 13.0 Å². The highest BCUT2D eigenvalue weighted by molar-refractivity contribution is 5.73. The zero-order chi connectivity index (χ0) is 9.26. The van der Waals surface area contributed by atoms with Gasteiger partial charge in [-0.05, 0) is 31.1 Å². The van der Waals surface area contributed by atoms with Gasteiger partial charge in [-0.1, -0.05) is 18.6 Å². The van der Waals surface area contributed by atoms with Crippen LogP contribution in [0, 0.1) is 17.8 Å². The fourth-order valence-electron chi connectivity index (χ4n) is 2.75. The highest BCUT2D eigenvalue weighted by Crippen LogP contribution is 2.42. The fourth-order valence-corrected chi connectivity index (χ4v) is 2.75. The van der Waals surface area contributed by atoms with Crippen molar-refractivity contribution in [1.29, 1.82) is 0 Å². The van der Waals surface area contributed by atoms with E-state index >= 15 is 0 Å². The van der Waals surface area contributed by atoms with Gasteiger partial charge in [-0.2, -0.15) is 0 Å². The Morgan fingerprint density at radius 2 is 2.31 bits per heavy atom. The van der Waals surface area contributed by atoms with Crippen LogP contribution in [0.2, 0.25) is 0 Å². The number of hydrogen-bond acceptors (Lipinski definition) is 2. The molecule has 13 heavy (non-hydrogen) atoms. The van der Waals surface area contributed by atoms with E-state index in [1.807, 2.05) is 0 Å². The Bertz CT molecular complexity index is 232. The maximum Gasteiger partial charge on any atom is 0.309 e. The molecule has 0 amide bonds. The van der Waals surface area contributed by atoms with Crippen LogP contribution < -0.4 is 0 Å². The fraction of sp³-hybridized carbons (Fsp3) is 0.727. The van der Waals surface area contributed by atoms with E-state index in [0.717, 1.165) is 6.42 Å². The molecule has 0 aromatic carbocycles. The van der Waals surface area contributed by atoms with Gasteiger partial charge >= 0.3 is 5.97 Å². The van der Waals surface area contributed by atoms with Crippen molar-refractivity contribution in [3.8, 4) is 0 Å². The standard InChI is InChI=1S/C11H16O2/c1-13-11(12)10-7-3-5-8-4-2-6-9(8)10/h3,5,8-10H,2,4,6-7H2,1H3/t8-,9-,10+/m1/s1. The summed E-state index contributed by atoms with van der Waals surface area (Å²) in [6, 6.07) is 0. The topological polar surface area (TPSA) is 26.3 Å². The van der Waals surface area contributed by atoms with Crippen molar-refractivity contribution in [1.82, 2.24) is 0 Å². The number of esters is 1. The molecule has 0 spiro atoms. The quantitative estimate of drug-likeness (QED) is 0.456. The van der Waals surface area contributed by atoms with Crippen LogP contribution in [0.15, 0.2) is 12.2 Å². The minimum Gasteiger partial charge on any atom is -0.469 e. The van der Waals surface area contributed by atoms with Gasteiger partial charge < -0.3 is 4.74 Å². The van der Waals surface area contributed by atoms with E-state index in [1.54, 1.807) is 0 Å². The van der Waals surface area contributed by atoms with Crippen LogP contribution in [0.3, 0.4) is 0 Å². The largest absolute Gasteiger partial charge is 0.469 e. The van der Waals surface area contributed by atoms with Gasteiger partial charge in [0.1, 0.15) is 0 Å². The van der Waals surface area contributed by atoms with Crippen molar-refractivity contribution in [3.63, 3.8) is 0 Å². The number of allylic oxidation sites excluding steroid dienone is 2. The number of rotatable bonds is 1. The maximum atomic E-state index is 11.5. The lowest BCUT2D eigenvalue weighted by molar-refractivity contribution is -0.147. The van der Waals surface area contributed by atoms with Gasteiger partial charge in [-0.25, -0.2) is 0 Å². The molecule has 0 aromatic heterocycles. The summed E-state index contributed by atoms with van der Waals surface area (Å²) in [6.45, 7) is 0. The first-order valence-electron chi connectivity index (χ1n) is 5.07. The Kier molecular flexibility index (Phi) is 2.38. The molecule has 1 saturated carbocycles. The molecule has 0 saturated heterocycles. The molecule has 0 aliphatic heterocycles. The lowest BCUT2D eigenvalue weighted by atomic mass is 9.78. The summed E-state index contributed by atoms with van der Waals surface area (Å²) in [5, 5.41) is 0. The highest BCUT2D eigenvalue weighted by Gasteiger charge is 2.38. The molecule has 2 heteroatoms. The van der Waals surface area contributed by atoms with E-state index in [9.17, 15) is 4.79 Å². The van der Waals surface area contributed by atoms with E-state index in [1.165, 1.54) is 26.4 Å². The zero-order valence-electron chi connectivity index (χ0n) is 8.03. The zero-order valence-corrected chi connectivity index (χ0v) is 8.03. The molecule has 3 atom stereocenters. The third kappa shape index (κ3) is 1.50. The summed E-state index contributed by atoms with van der Waals surface area (Å²) in [6.07, 6.45) is 9.05. The average Bonchev–Trinajstić information content (AvgIpc) is 2.63. The average molecular weight is 180 g/mol. The Morgan fingerprint density at radius 1 is 1.46 bits per heavy atom. The lowest BCUT2D eigenvalue weighted by Crippen LogP contribution is -2.28. The van der Waals surface area contributed by atoms with Crippen molar-refractivity contribution >= 4 is 5.97 Å². The number of hydrogen-bond donors (Lipinski definition) is 0. The van der Waals surface area contributed by atoms with Gasteiger partial charge in [-0.3, -0.25) is 4.79 Å². The molecular formula is C11H16O2. The second-order valence-corrected chi connectivity index (χ2v) is 4.05. The Balaban J connectivity index is 2.12. The van der Waals surface area contributed by atoms with Crippen molar-refractivity contribution in [2.45, 2.75) is 25.7 Å². The van der Waals surface area contributed by atoms with Gasteiger partial charge in [-0.15, -0.1) is 0 Å². The number of carbonyl (C=O) groups is 1. The molecule has 2 rings (SSSR count). The van der Waals surface area contributed by atoms with Crippen LogP contribution in [0.25, 0.3) is 0 Å². The molecule has 1 fully saturated rings. The van der Waals surface area contributed by atoms with E-state index in [2.05, 4.69) is 12.2 Å². The van der Waals surface area contributed by atoms with Crippen LogP contribution in [-0.2, 0) is 9.53 Å². The van der Waals surface area contributed by atoms with Crippen LogP contribution in [-0.4, -0.2) is 13.1 Å². The monoisotopic (exact) mass is 180 g/mol. The summed E-state index contributed by atoms with van der Waals surface area (Å²) >= 11 is 0. The van der Waals surface area contributed by atoms with E-state index in [-0.39, 0.29) is 11.9 Å². The predicted molar refractivity (Wildman–Crippen MR) is 50.1 cm³/mol. The molecule has 2 aliphatic rings. The normalized spacial score (nSPS) is 37.2. The number of methoxy groups -OCH3 is 1. The van der Waals surface area contributed by atoms with Gasteiger partial charge in [0.2, 0.25) is 0 Å². The second-order valence-electron chi connectivity index (χ2n) is 4.05. The Morgan fingerprint density at radius 3 is 3.08 bits per heavy atom. The molecule has 0 bridgehead atoms. The first-order valence-corrected chi connectivity index (χ1v) is 5.07. The summed E-state index contributed by atoms with van der Waals surface area (Å²) < 4.78 is 4.83. The summed E-state index contributed by atoms with van der Waals surface area (Å²) in [5.74, 6) is 1.35. The van der Waals surface area contributed by atoms with Crippen LogP contribution >= 0.6 is 0 Å². The van der Waals surface area contributed by atoms with Crippen molar-refractivity contribution in [2.75, 3.05) is 7.11 Å². The van der Waals surface area contributed by atoms with Crippen molar-refractivity contribution < 1.29 is 9.53 Å². The number of carbonyl (C=O) groups excluding carboxylic acids is 1. The molecule has 0 unspecified atom stereocenters. The number of fused-ring (bicyclic) bond motifs is 1. The smallest absolute Gasteiger partial charge is 0.309 e. The summed E-state index contributed by atoms with van der Waals surface area (Å²) in [4.78, 5) is 11.5. The summed E-state index contributed by atoms with van der Waals surface area (Å²) in [5.41, 5.74) is 0. The SMILES string of the molecule is COC(=O)[C@H]1CC=C[C@H]2CCC[C@@H]12. The molecule has 0 N–H and O–H groups in total. The minimum atomic E-state index is -0.0127. The molecular weight excluding hydrogens is 164 g/mol. The maximum absolute atomic E-state index is 11.5. The van der Waals surface area contributed by atoms with Crippen LogP contribution in [0.1, 0.15) is 25.7 Å². The molecule has 0 radical (unpaired) electrons.